The molecule has 5 nitrogen and oxygen atoms in total. The molecule has 98 valence electrons. The second-order valence-electron chi connectivity index (χ2n) is 3.88. The Hall–Kier alpha value is -2.43. The van der Waals surface area contributed by atoms with Crippen molar-refractivity contribution >= 4 is 11.8 Å². The summed E-state index contributed by atoms with van der Waals surface area (Å²) >= 11 is 0. The number of hydrogen-bond donors (Lipinski definition) is 0. The zero-order chi connectivity index (χ0) is 13.8. The monoisotopic (exact) mass is 259 g/mol. The number of aryl methyl sites for hydroxylation is 1. The number of ether oxygens (including phenoxy) is 1. The summed E-state index contributed by atoms with van der Waals surface area (Å²) in [6, 6.07) is 8.65. The van der Waals surface area contributed by atoms with Gasteiger partial charge in [0.15, 0.2) is 5.78 Å². The van der Waals surface area contributed by atoms with E-state index in [2.05, 4.69) is 5.16 Å². The van der Waals surface area contributed by atoms with Crippen LogP contribution in [0.3, 0.4) is 0 Å². The number of carbonyl (C=O) groups excluding carboxylic acids is 2. The van der Waals surface area contributed by atoms with Crippen LogP contribution in [0.15, 0.2) is 34.9 Å². The molecule has 0 atom stereocenters. The van der Waals surface area contributed by atoms with Gasteiger partial charge >= 0.3 is 5.97 Å². The summed E-state index contributed by atoms with van der Waals surface area (Å²) in [4.78, 5) is 24.1. The summed E-state index contributed by atoms with van der Waals surface area (Å²) in [5, 5.41) is 3.61. The van der Waals surface area contributed by atoms with Crippen molar-refractivity contribution in [3.63, 3.8) is 0 Å². The first kappa shape index (κ1) is 13.0. The molecule has 1 heterocycles. The number of rotatable bonds is 4. The number of benzene rings is 1. The lowest BCUT2D eigenvalue weighted by Crippen LogP contribution is -2.12. The zero-order valence-corrected chi connectivity index (χ0v) is 10.7. The molecule has 19 heavy (non-hydrogen) atoms. The summed E-state index contributed by atoms with van der Waals surface area (Å²) in [5.41, 5.74) is 0.553. The third kappa shape index (κ3) is 2.54. The molecular formula is C14H13NO4. The van der Waals surface area contributed by atoms with Gasteiger partial charge in [0.05, 0.1) is 12.2 Å². The molecule has 0 radical (unpaired) electrons. The predicted octanol–water partition coefficient (Wildman–Crippen LogP) is 2.39. The van der Waals surface area contributed by atoms with E-state index in [1.807, 2.05) is 6.07 Å². The van der Waals surface area contributed by atoms with Crippen LogP contribution in [0.2, 0.25) is 0 Å². The van der Waals surface area contributed by atoms with Gasteiger partial charge in [-0.1, -0.05) is 35.5 Å². The van der Waals surface area contributed by atoms with Crippen LogP contribution in [0.1, 0.15) is 39.1 Å². The normalized spacial score (nSPS) is 10.2. The molecule has 0 spiro atoms. The van der Waals surface area contributed by atoms with E-state index in [1.165, 1.54) is 0 Å². The summed E-state index contributed by atoms with van der Waals surface area (Å²) in [6.45, 7) is 3.49. The molecule has 0 aliphatic carbocycles. The Morgan fingerprint density at radius 3 is 2.58 bits per heavy atom. The van der Waals surface area contributed by atoms with Gasteiger partial charge in [-0.2, -0.15) is 0 Å². The van der Waals surface area contributed by atoms with Gasteiger partial charge in [-0.3, -0.25) is 4.79 Å². The van der Waals surface area contributed by atoms with Crippen LogP contribution in [0.5, 0.6) is 0 Å². The summed E-state index contributed by atoms with van der Waals surface area (Å²) in [5.74, 6) is -0.655. The van der Waals surface area contributed by atoms with Crippen molar-refractivity contribution in [3.05, 3.63) is 52.9 Å². The minimum atomic E-state index is -0.654. The molecule has 2 aromatic rings. The fraction of sp³-hybridized carbons (Fsp3) is 0.214. The van der Waals surface area contributed by atoms with E-state index < -0.39 is 5.97 Å². The lowest BCUT2D eigenvalue weighted by molar-refractivity contribution is 0.0512. The Labute approximate surface area is 110 Å². The average molecular weight is 259 g/mol. The smallest absolute Gasteiger partial charge is 0.361 e. The fourth-order valence-corrected chi connectivity index (χ4v) is 1.71. The van der Waals surface area contributed by atoms with Gasteiger partial charge in [0, 0.05) is 5.56 Å². The number of esters is 1. The third-order valence-corrected chi connectivity index (χ3v) is 2.59. The number of hydrogen-bond acceptors (Lipinski definition) is 5. The maximum absolute atomic E-state index is 12.3. The minimum Gasteiger partial charge on any atom is -0.461 e. The Morgan fingerprint density at radius 1 is 1.26 bits per heavy atom. The van der Waals surface area contributed by atoms with Crippen LogP contribution in [0, 0.1) is 6.92 Å². The fourth-order valence-electron chi connectivity index (χ4n) is 1.71. The van der Waals surface area contributed by atoms with Gasteiger partial charge in [0.25, 0.3) is 0 Å². The van der Waals surface area contributed by atoms with E-state index in [4.69, 9.17) is 9.26 Å². The van der Waals surface area contributed by atoms with Crippen molar-refractivity contribution in [2.24, 2.45) is 0 Å². The summed E-state index contributed by atoms with van der Waals surface area (Å²) in [7, 11) is 0. The van der Waals surface area contributed by atoms with Gasteiger partial charge < -0.3 is 9.26 Å². The maximum Gasteiger partial charge on any atom is 0.361 e. The molecule has 0 aliphatic heterocycles. The number of aromatic nitrogens is 1. The topological polar surface area (TPSA) is 69.4 Å². The van der Waals surface area contributed by atoms with Crippen molar-refractivity contribution in [3.8, 4) is 0 Å². The van der Waals surface area contributed by atoms with Crippen LogP contribution in [0.25, 0.3) is 0 Å². The first-order chi connectivity index (χ1) is 9.15. The standard InChI is InChI=1S/C14H13NO4/c1-3-18-14(17)12-11(9(2)19-15-12)13(16)10-7-5-4-6-8-10/h4-8H,3H2,1-2H3. The van der Waals surface area contributed by atoms with Crippen molar-refractivity contribution in [1.29, 1.82) is 0 Å². The van der Waals surface area contributed by atoms with Crippen LogP contribution in [-0.4, -0.2) is 23.5 Å². The molecule has 0 unspecified atom stereocenters. The molecule has 0 aliphatic rings. The van der Waals surface area contributed by atoms with E-state index in [0.717, 1.165) is 0 Å². The second-order valence-corrected chi connectivity index (χ2v) is 3.88. The largest absolute Gasteiger partial charge is 0.461 e. The van der Waals surface area contributed by atoms with Crippen molar-refractivity contribution < 1.29 is 18.8 Å². The lowest BCUT2D eigenvalue weighted by atomic mass is 10.0. The highest BCUT2D eigenvalue weighted by molar-refractivity contribution is 6.14. The van der Waals surface area contributed by atoms with Crippen LogP contribution in [-0.2, 0) is 4.74 Å². The van der Waals surface area contributed by atoms with Crippen LogP contribution in [0.4, 0.5) is 0 Å². The maximum atomic E-state index is 12.3. The quantitative estimate of drug-likeness (QED) is 0.622. The Morgan fingerprint density at radius 2 is 1.95 bits per heavy atom. The third-order valence-electron chi connectivity index (χ3n) is 2.59. The lowest BCUT2D eigenvalue weighted by Gasteiger charge is -2.02. The molecule has 5 heteroatoms. The first-order valence-electron chi connectivity index (χ1n) is 5.88. The summed E-state index contributed by atoms with van der Waals surface area (Å²) < 4.78 is 9.79. The molecule has 0 saturated carbocycles. The van der Waals surface area contributed by atoms with E-state index in [0.29, 0.717) is 11.3 Å². The first-order valence-corrected chi connectivity index (χ1v) is 5.88. The second kappa shape index (κ2) is 5.48. The highest BCUT2D eigenvalue weighted by Crippen LogP contribution is 2.19. The number of ketones is 1. The van der Waals surface area contributed by atoms with Gasteiger partial charge in [-0.15, -0.1) is 0 Å². The van der Waals surface area contributed by atoms with E-state index in [1.54, 1.807) is 38.1 Å². The van der Waals surface area contributed by atoms with Crippen LogP contribution >= 0.6 is 0 Å². The highest BCUT2D eigenvalue weighted by atomic mass is 16.5. The van der Waals surface area contributed by atoms with E-state index >= 15 is 0 Å². The molecule has 0 bridgehead atoms. The minimum absolute atomic E-state index is 0.0757. The molecule has 0 fully saturated rings. The van der Waals surface area contributed by atoms with Crippen molar-refractivity contribution in [2.45, 2.75) is 13.8 Å². The average Bonchev–Trinajstić information content (AvgIpc) is 2.81. The predicted molar refractivity (Wildman–Crippen MR) is 67.1 cm³/mol. The van der Waals surface area contributed by atoms with E-state index in [-0.39, 0.29) is 23.6 Å². The molecule has 0 saturated heterocycles. The Balaban J connectivity index is 2.42. The number of nitrogens with zero attached hydrogens (tertiary/aromatic N) is 1. The van der Waals surface area contributed by atoms with Crippen molar-refractivity contribution in [1.82, 2.24) is 5.16 Å². The van der Waals surface area contributed by atoms with Crippen LogP contribution < -0.4 is 0 Å². The Kier molecular flexibility index (Phi) is 3.75. The zero-order valence-electron chi connectivity index (χ0n) is 10.7. The van der Waals surface area contributed by atoms with Gasteiger partial charge in [-0.05, 0) is 13.8 Å². The molecule has 1 aromatic heterocycles. The van der Waals surface area contributed by atoms with Crippen molar-refractivity contribution in [2.75, 3.05) is 6.61 Å². The molecule has 1 aromatic carbocycles. The SMILES string of the molecule is CCOC(=O)c1noc(C)c1C(=O)c1ccccc1. The van der Waals surface area contributed by atoms with Gasteiger partial charge in [0.2, 0.25) is 5.69 Å². The van der Waals surface area contributed by atoms with Gasteiger partial charge in [0.1, 0.15) is 5.76 Å². The molecular weight excluding hydrogens is 246 g/mol. The van der Waals surface area contributed by atoms with Gasteiger partial charge in [-0.25, -0.2) is 4.79 Å². The molecule has 2 rings (SSSR count). The number of carbonyl (C=O) groups is 2. The Bertz CT molecular complexity index is 601. The highest BCUT2D eigenvalue weighted by Gasteiger charge is 2.26. The molecule has 0 amide bonds. The summed E-state index contributed by atoms with van der Waals surface area (Å²) in [6.07, 6.45) is 0. The van der Waals surface area contributed by atoms with E-state index in [9.17, 15) is 9.59 Å². The molecule has 0 N–H and O–H groups in total.